The van der Waals surface area contributed by atoms with Gasteiger partial charge in [-0.1, -0.05) is 72.8 Å². The molecule has 0 aliphatic carbocycles. The molecular weight excluding hydrogens is 374 g/mol. The SMILES string of the molecule is C=CCc1cc2ccccc2cc1-c1cc(-c2ccc(C#N)cc2)c2ccccc2c1. The van der Waals surface area contributed by atoms with Crippen LogP contribution in [0, 0.1) is 11.3 Å². The molecule has 0 fully saturated rings. The van der Waals surface area contributed by atoms with Gasteiger partial charge in [0.25, 0.3) is 0 Å². The average molecular weight is 396 g/mol. The summed E-state index contributed by atoms with van der Waals surface area (Å²) in [7, 11) is 0. The smallest absolute Gasteiger partial charge is 0.0991 e. The molecule has 0 saturated heterocycles. The van der Waals surface area contributed by atoms with Crippen molar-refractivity contribution in [1.29, 1.82) is 5.26 Å². The molecule has 5 aromatic rings. The summed E-state index contributed by atoms with van der Waals surface area (Å²) in [5.74, 6) is 0. The highest BCUT2D eigenvalue weighted by Crippen LogP contribution is 2.37. The molecule has 31 heavy (non-hydrogen) atoms. The molecule has 0 unspecified atom stereocenters. The quantitative estimate of drug-likeness (QED) is 0.283. The number of nitriles is 1. The number of hydrogen-bond donors (Lipinski definition) is 0. The molecule has 5 aromatic carbocycles. The zero-order valence-electron chi connectivity index (χ0n) is 17.2. The Balaban J connectivity index is 1.79. The second-order valence-corrected chi connectivity index (χ2v) is 7.78. The van der Waals surface area contributed by atoms with Gasteiger partial charge in [0.05, 0.1) is 11.6 Å². The van der Waals surface area contributed by atoms with E-state index in [2.05, 4.69) is 85.4 Å². The van der Waals surface area contributed by atoms with Crippen LogP contribution in [0.5, 0.6) is 0 Å². The van der Waals surface area contributed by atoms with Gasteiger partial charge in [0, 0.05) is 0 Å². The van der Waals surface area contributed by atoms with Crippen molar-refractivity contribution in [2.24, 2.45) is 0 Å². The highest BCUT2D eigenvalue weighted by molar-refractivity contribution is 6.01. The maximum absolute atomic E-state index is 9.17. The summed E-state index contributed by atoms with van der Waals surface area (Å²) in [4.78, 5) is 0. The largest absolute Gasteiger partial charge is 0.192 e. The predicted molar refractivity (Wildman–Crippen MR) is 131 cm³/mol. The Kier molecular flexibility index (Phi) is 4.83. The summed E-state index contributed by atoms with van der Waals surface area (Å²) in [6.45, 7) is 3.98. The molecule has 0 atom stereocenters. The van der Waals surface area contributed by atoms with Gasteiger partial charge in [0.2, 0.25) is 0 Å². The first kappa shape index (κ1) is 18.9. The van der Waals surface area contributed by atoms with Gasteiger partial charge < -0.3 is 0 Å². The van der Waals surface area contributed by atoms with E-state index in [9.17, 15) is 5.26 Å². The van der Waals surface area contributed by atoms with Crippen LogP contribution in [0.2, 0.25) is 0 Å². The summed E-state index contributed by atoms with van der Waals surface area (Å²) < 4.78 is 0. The fraction of sp³-hybridized carbons (Fsp3) is 0.0333. The highest BCUT2D eigenvalue weighted by atomic mass is 14.2. The summed E-state index contributed by atoms with van der Waals surface area (Å²) in [6.07, 6.45) is 2.79. The lowest BCUT2D eigenvalue weighted by molar-refractivity contribution is 1.29. The van der Waals surface area contributed by atoms with Crippen LogP contribution in [0.25, 0.3) is 43.8 Å². The molecule has 0 aliphatic heterocycles. The van der Waals surface area contributed by atoms with Gasteiger partial charge in [-0.2, -0.15) is 5.26 Å². The maximum Gasteiger partial charge on any atom is 0.0991 e. The Hall–Kier alpha value is -4.15. The molecule has 0 spiro atoms. The van der Waals surface area contributed by atoms with E-state index in [1.807, 2.05) is 30.3 Å². The topological polar surface area (TPSA) is 23.8 Å². The van der Waals surface area contributed by atoms with Crippen LogP contribution >= 0.6 is 0 Å². The first-order valence-corrected chi connectivity index (χ1v) is 10.4. The van der Waals surface area contributed by atoms with Gasteiger partial charge in [-0.05, 0) is 86.1 Å². The van der Waals surface area contributed by atoms with Crippen molar-refractivity contribution >= 4 is 21.5 Å². The molecule has 146 valence electrons. The third-order valence-corrected chi connectivity index (χ3v) is 5.83. The third-order valence-electron chi connectivity index (χ3n) is 5.83. The number of allylic oxidation sites excluding steroid dienone is 1. The van der Waals surface area contributed by atoms with Crippen molar-refractivity contribution < 1.29 is 0 Å². The molecule has 0 aliphatic rings. The number of rotatable bonds is 4. The van der Waals surface area contributed by atoms with Gasteiger partial charge in [-0.25, -0.2) is 0 Å². The molecule has 1 nitrogen and oxygen atoms in total. The normalized spacial score (nSPS) is 10.8. The lowest BCUT2D eigenvalue weighted by Gasteiger charge is -2.15. The Morgan fingerprint density at radius 1 is 0.677 bits per heavy atom. The van der Waals surface area contributed by atoms with Crippen molar-refractivity contribution in [3.8, 4) is 28.3 Å². The molecule has 1 heteroatoms. The molecular formula is C30H21N. The molecule has 0 bridgehead atoms. The van der Waals surface area contributed by atoms with E-state index >= 15 is 0 Å². The Labute approximate surface area is 182 Å². The third kappa shape index (κ3) is 3.50. The van der Waals surface area contributed by atoms with Gasteiger partial charge in [-0.15, -0.1) is 6.58 Å². The van der Waals surface area contributed by atoms with E-state index in [-0.39, 0.29) is 0 Å². The summed E-state index contributed by atoms with van der Waals surface area (Å²) >= 11 is 0. The highest BCUT2D eigenvalue weighted by Gasteiger charge is 2.12. The zero-order chi connectivity index (χ0) is 21.2. The van der Waals surface area contributed by atoms with E-state index in [4.69, 9.17) is 0 Å². The van der Waals surface area contributed by atoms with Crippen LogP contribution < -0.4 is 0 Å². The van der Waals surface area contributed by atoms with Crippen LogP contribution in [0.4, 0.5) is 0 Å². The van der Waals surface area contributed by atoms with Gasteiger partial charge in [0.15, 0.2) is 0 Å². The second-order valence-electron chi connectivity index (χ2n) is 7.78. The van der Waals surface area contributed by atoms with Crippen molar-refractivity contribution in [3.05, 3.63) is 121 Å². The van der Waals surface area contributed by atoms with Crippen LogP contribution in [0.15, 0.2) is 110 Å². The number of benzene rings is 5. The van der Waals surface area contributed by atoms with Gasteiger partial charge in [0.1, 0.15) is 0 Å². The molecule has 5 rings (SSSR count). The molecule has 0 radical (unpaired) electrons. The molecule has 0 aromatic heterocycles. The van der Waals surface area contributed by atoms with E-state index < -0.39 is 0 Å². The van der Waals surface area contributed by atoms with Gasteiger partial charge in [-0.3, -0.25) is 0 Å². The number of fused-ring (bicyclic) bond motifs is 2. The fourth-order valence-corrected chi connectivity index (χ4v) is 4.31. The second kappa shape index (κ2) is 7.94. The summed E-state index contributed by atoms with van der Waals surface area (Å²) in [5, 5.41) is 14.1. The average Bonchev–Trinajstić information content (AvgIpc) is 2.83. The summed E-state index contributed by atoms with van der Waals surface area (Å²) in [6, 6.07) is 36.2. The van der Waals surface area contributed by atoms with E-state index in [1.165, 1.54) is 43.8 Å². The molecule has 0 saturated carbocycles. The number of hydrogen-bond acceptors (Lipinski definition) is 1. The van der Waals surface area contributed by atoms with E-state index in [0.29, 0.717) is 5.56 Å². The first-order valence-electron chi connectivity index (χ1n) is 10.4. The van der Waals surface area contributed by atoms with Crippen LogP contribution in [-0.4, -0.2) is 0 Å². The monoisotopic (exact) mass is 395 g/mol. The van der Waals surface area contributed by atoms with Crippen molar-refractivity contribution in [3.63, 3.8) is 0 Å². The van der Waals surface area contributed by atoms with Gasteiger partial charge >= 0.3 is 0 Å². The molecule has 0 N–H and O–H groups in total. The minimum Gasteiger partial charge on any atom is -0.192 e. The Morgan fingerprint density at radius 3 is 2.06 bits per heavy atom. The molecule has 0 amide bonds. The Morgan fingerprint density at radius 2 is 1.35 bits per heavy atom. The van der Waals surface area contributed by atoms with Crippen LogP contribution in [0.3, 0.4) is 0 Å². The van der Waals surface area contributed by atoms with Crippen molar-refractivity contribution in [1.82, 2.24) is 0 Å². The Bertz CT molecular complexity index is 1470. The standard InChI is InChI=1S/C30H21N/c1-2-7-25-16-23-8-3-4-9-24(23)18-29(25)27-17-26-10-5-6-11-28(26)30(19-27)22-14-12-21(20-31)13-15-22/h2-6,8-19H,1,7H2. The van der Waals surface area contributed by atoms with Crippen molar-refractivity contribution in [2.75, 3.05) is 0 Å². The minimum absolute atomic E-state index is 0.673. The maximum atomic E-state index is 9.17. The van der Waals surface area contributed by atoms with E-state index in [0.717, 1.165) is 12.0 Å². The van der Waals surface area contributed by atoms with E-state index in [1.54, 1.807) is 0 Å². The van der Waals surface area contributed by atoms with Crippen LogP contribution in [-0.2, 0) is 6.42 Å². The zero-order valence-corrected chi connectivity index (χ0v) is 17.2. The van der Waals surface area contributed by atoms with Crippen molar-refractivity contribution in [2.45, 2.75) is 6.42 Å². The fourth-order valence-electron chi connectivity index (χ4n) is 4.31. The first-order chi connectivity index (χ1) is 15.3. The number of nitrogens with zero attached hydrogens (tertiary/aromatic N) is 1. The molecule has 0 heterocycles. The lowest BCUT2D eigenvalue weighted by atomic mass is 9.89. The predicted octanol–water partition coefficient (Wildman–Crippen LogP) is 7.93. The minimum atomic E-state index is 0.673. The lowest BCUT2D eigenvalue weighted by Crippen LogP contribution is -1.91. The summed E-state index contributed by atoms with van der Waals surface area (Å²) in [5.41, 5.74) is 6.67. The van der Waals surface area contributed by atoms with Crippen LogP contribution in [0.1, 0.15) is 11.1 Å².